The van der Waals surface area contributed by atoms with Gasteiger partial charge in [-0.05, 0) is 0 Å². The van der Waals surface area contributed by atoms with Gasteiger partial charge < -0.3 is 14.9 Å². The number of hydrogen-bond donors (Lipinski definition) is 2. The molecule has 1 aliphatic rings. The highest BCUT2D eigenvalue weighted by molar-refractivity contribution is 5.49. The number of anilines is 2. The molecule has 0 atom stereocenters. The van der Waals surface area contributed by atoms with Crippen molar-refractivity contribution in [3.8, 4) is 0 Å². The van der Waals surface area contributed by atoms with Gasteiger partial charge in [0.1, 0.15) is 23.8 Å². The lowest BCUT2D eigenvalue weighted by Gasteiger charge is -2.29. The van der Waals surface area contributed by atoms with E-state index in [4.69, 9.17) is 10.8 Å². The Balaban J connectivity index is 1.95. The molecule has 0 unspecified atom stereocenters. The van der Waals surface area contributed by atoms with Crippen molar-refractivity contribution in [3.63, 3.8) is 0 Å². The van der Waals surface area contributed by atoms with E-state index in [2.05, 4.69) is 50.8 Å². The maximum atomic E-state index is 5.54. The summed E-state index contributed by atoms with van der Waals surface area (Å²) in [6.07, 6.45) is 1.76. The van der Waals surface area contributed by atoms with Crippen molar-refractivity contribution in [3.05, 3.63) is 24.0 Å². The van der Waals surface area contributed by atoms with Crippen LogP contribution in [0.3, 0.4) is 0 Å². The molecule has 8 heteroatoms. The maximum absolute atomic E-state index is 5.54. The van der Waals surface area contributed by atoms with Gasteiger partial charge in [0.2, 0.25) is 0 Å². The molecule has 3 rings (SSSR count). The zero-order chi connectivity index (χ0) is 15.0. The largest absolute Gasteiger partial charge is 0.347 e. The number of nitrogens with one attached hydrogen (secondary N) is 1. The zero-order valence-corrected chi connectivity index (χ0v) is 12.5. The van der Waals surface area contributed by atoms with Gasteiger partial charge in [0.05, 0.1) is 6.54 Å². The minimum absolute atomic E-state index is 0.141. The normalized spacial score (nSPS) is 15.0. The van der Waals surface area contributed by atoms with Crippen LogP contribution in [-0.2, 0) is 18.5 Å². The summed E-state index contributed by atoms with van der Waals surface area (Å²) >= 11 is 0. The van der Waals surface area contributed by atoms with E-state index >= 15 is 0 Å². The van der Waals surface area contributed by atoms with Gasteiger partial charge in [0, 0.05) is 24.6 Å². The third kappa shape index (κ3) is 2.66. The Hall–Kier alpha value is -2.22. The van der Waals surface area contributed by atoms with Crippen LogP contribution in [-0.4, -0.2) is 31.3 Å². The molecule has 21 heavy (non-hydrogen) atoms. The Morgan fingerprint density at radius 1 is 1.24 bits per heavy atom. The van der Waals surface area contributed by atoms with E-state index in [0.29, 0.717) is 12.4 Å². The zero-order valence-electron chi connectivity index (χ0n) is 12.5. The molecule has 0 radical (unpaired) electrons. The van der Waals surface area contributed by atoms with E-state index in [9.17, 15) is 0 Å². The van der Waals surface area contributed by atoms with E-state index in [-0.39, 0.29) is 5.41 Å². The van der Waals surface area contributed by atoms with Crippen molar-refractivity contribution in [1.29, 1.82) is 0 Å². The minimum Gasteiger partial charge on any atom is -0.347 e. The highest BCUT2D eigenvalue weighted by Gasteiger charge is 2.23. The average Bonchev–Trinajstić information content (AvgIpc) is 2.93. The summed E-state index contributed by atoms with van der Waals surface area (Å²) in [6, 6.07) is 1.86. The fourth-order valence-electron chi connectivity index (χ4n) is 2.27. The molecule has 0 amide bonds. The van der Waals surface area contributed by atoms with Gasteiger partial charge in [-0.15, -0.1) is 10.2 Å². The summed E-state index contributed by atoms with van der Waals surface area (Å²) in [5.74, 6) is 8.72. The Kier molecular flexibility index (Phi) is 3.25. The molecule has 0 aromatic carbocycles. The predicted molar refractivity (Wildman–Crippen MR) is 79.6 cm³/mol. The SMILES string of the molecule is CC(C)(C)c1nc(NN)cc(N2CCn3cnnc3C2)n1. The number of rotatable bonds is 2. The van der Waals surface area contributed by atoms with Crippen molar-refractivity contribution in [1.82, 2.24) is 24.7 Å². The number of nitrogens with zero attached hydrogens (tertiary/aromatic N) is 6. The Morgan fingerprint density at radius 3 is 2.76 bits per heavy atom. The van der Waals surface area contributed by atoms with Crippen LogP contribution in [0, 0.1) is 0 Å². The lowest BCUT2D eigenvalue weighted by Crippen LogP contribution is -2.35. The van der Waals surface area contributed by atoms with Crippen LogP contribution >= 0.6 is 0 Å². The molecule has 3 heterocycles. The molecule has 0 bridgehead atoms. The Bertz CT molecular complexity index is 642. The van der Waals surface area contributed by atoms with Crippen LogP contribution in [0.1, 0.15) is 32.4 Å². The molecule has 2 aromatic heterocycles. The third-order valence-corrected chi connectivity index (χ3v) is 3.49. The fourth-order valence-corrected chi connectivity index (χ4v) is 2.27. The molecule has 3 N–H and O–H groups in total. The van der Waals surface area contributed by atoms with Gasteiger partial charge in [-0.25, -0.2) is 15.8 Å². The van der Waals surface area contributed by atoms with Gasteiger partial charge >= 0.3 is 0 Å². The predicted octanol–water partition coefficient (Wildman–Crippen LogP) is 0.671. The van der Waals surface area contributed by atoms with Crippen LogP contribution in [0.2, 0.25) is 0 Å². The highest BCUT2D eigenvalue weighted by atomic mass is 15.3. The molecule has 8 nitrogen and oxygen atoms in total. The summed E-state index contributed by atoms with van der Waals surface area (Å²) in [5.41, 5.74) is 2.48. The second kappa shape index (κ2) is 4.96. The standard InChI is InChI=1S/C13H20N8/c1-13(2,3)12-16-9(18-14)6-10(17-12)20-4-5-21-8-15-19-11(21)7-20/h6,8H,4-5,7,14H2,1-3H3,(H,16,17,18). The van der Waals surface area contributed by atoms with E-state index in [1.165, 1.54) is 0 Å². The Labute approximate surface area is 123 Å². The average molecular weight is 288 g/mol. The third-order valence-electron chi connectivity index (χ3n) is 3.49. The molecule has 112 valence electrons. The van der Waals surface area contributed by atoms with Crippen LogP contribution in [0.25, 0.3) is 0 Å². The highest BCUT2D eigenvalue weighted by Crippen LogP contribution is 2.25. The topological polar surface area (TPSA) is 97.8 Å². The molecular formula is C13H20N8. The molecule has 0 saturated carbocycles. The molecule has 0 fully saturated rings. The number of fused-ring (bicyclic) bond motifs is 1. The number of hydrogen-bond acceptors (Lipinski definition) is 7. The van der Waals surface area contributed by atoms with E-state index in [0.717, 1.165) is 30.6 Å². The van der Waals surface area contributed by atoms with Crippen LogP contribution in [0.5, 0.6) is 0 Å². The quantitative estimate of drug-likeness (QED) is 0.619. The molecule has 0 spiro atoms. The molecule has 0 aliphatic carbocycles. The minimum atomic E-state index is -0.141. The van der Waals surface area contributed by atoms with Crippen LogP contribution < -0.4 is 16.2 Å². The lowest BCUT2D eigenvalue weighted by atomic mass is 9.96. The lowest BCUT2D eigenvalue weighted by molar-refractivity contribution is 0.532. The van der Waals surface area contributed by atoms with Gasteiger partial charge in [-0.3, -0.25) is 0 Å². The summed E-state index contributed by atoms with van der Waals surface area (Å²) in [5, 5.41) is 8.08. The van der Waals surface area contributed by atoms with Gasteiger partial charge in [-0.2, -0.15) is 0 Å². The summed E-state index contributed by atoms with van der Waals surface area (Å²) in [6.45, 7) is 8.64. The van der Waals surface area contributed by atoms with Gasteiger partial charge in [0.25, 0.3) is 0 Å². The molecule has 2 aromatic rings. The van der Waals surface area contributed by atoms with Crippen molar-refractivity contribution in [2.45, 2.75) is 39.3 Å². The van der Waals surface area contributed by atoms with E-state index in [1.807, 2.05) is 6.07 Å². The number of hydrazine groups is 1. The number of nitrogen functional groups attached to an aromatic ring is 1. The number of aromatic nitrogens is 5. The first-order chi connectivity index (χ1) is 9.97. The summed E-state index contributed by atoms with van der Waals surface area (Å²) < 4.78 is 2.06. The second-order valence-electron chi connectivity index (χ2n) is 6.19. The first-order valence-electron chi connectivity index (χ1n) is 6.95. The van der Waals surface area contributed by atoms with E-state index < -0.39 is 0 Å². The van der Waals surface area contributed by atoms with Crippen molar-refractivity contribution < 1.29 is 0 Å². The Morgan fingerprint density at radius 2 is 2.05 bits per heavy atom. The van der Waals surface area contributed by atoms with Crippen LogP contribution in [0.4, 0.5) is 11.6 Å². The first kappa shape index (κ1) is 13.7. The summed E-state index contributed by atoms with van der Waals surface area (Å²) in [4.78, 5) is 11.3. The fraction of sp³-hybridized carbons (Fsp3) is 0.538. The molecule has 0 saturated heterocycles. The van der Waals surface area contributed by atoms with E-state index in [1.54, 1.807) is 6.33 Å². The maximum Gasteiger partial charge on any atom is 0.152 e. The van der Waals surface area contributed by atoms with Crippen molar-refractivity contribution in [2.75, 3.05) is 16.9 Å². The molecule has 1 aliphatic heterocycles. The van der Waals surface area contributed by atoms with Crippen molar-refractivity contribution >= 4 is 11.6 Å². The first-order valence-corrected chi connectivity index (χ1v) is 6.95. The smallest absolute Gasteiger partial charge is 0.152 e. The second-order valence-corrected chi connectivity index (χ2v) is 6.19. The molecular weight excluding hydrogens is 268 g/mol. The monoisotopic (exact) mass is 288 g/mol. The van der Waals surface area contributed by atoms with Gasteiger partial charge in [0.15, 0.2) is 5.82 Å². The van der Waals surface area contributed by atoms with Gasteiger partial charge in [-0.1, -0.05) is 20.8 Å². The van der Waals surface area contributed by atoms with Crippen molar-refractivity contribution in [2.24, 2.45) is 5.84 Å². The van der Waals surface area contributed by atoms with Crippen LogP contribution in [0.15, 0.2) is 12.4 Å². The summed E-state index contributed by atoms with van der Waals surface area (Å²) in [7, 11) is 0. The number of nitrogens with two attached hydrogens (primary N) is 1.